The highest BCUT2D eigenvalue weighted by molar-refractivity contribution is 14.1. The van der Waals surface area contributed by atoms with Gasteiger partial charge in [-0.3, -0.25) is 0 Å². The molecule has 0 saturated heterocycles. The van der Waals surface area contributed by atoms with E-state index in [1.54, 1.807) is 0 Å². The van der Waals surface area contributed by atoms with Gasteiger partial charge in [0.1, 0.15) is 0 Å². The molecule has 0 N–H and O–H groups in total. The van der Waals surface area contributed by atoms with Crippen molar-refractivity contribution in [2.24, 2.45) is 0 Å². The van der Waals surface area contributed by atoms with Crippen molar-refractivity contribution in [2.45, 2.75) is 62.8 Å². The van der Waals surface area contributed by atoms with Crippen molar-refractivity contribution in [3.63, 3.8) is 0 Å². The average molecular weight is 314 g/mol. The van der Waals surface area contributed by atoms with E-state index in [0.29, 0.717) is 4.11 Å². The lowest BCUT2D eigenvalue weighted by atomic mass is 10.4. The molecular weight excluding hydrogens is 291 g/mol. The normalized spacial score (nSPS) is 14.5. The van der Waals surface area contributed by atoms with Crippen molar-refractivity contribution in [2.75, 3.05) is 0 Å². The van der Waals surface area contributed by atoms with Crippen LogP contribution in [0.5, 0.6) is 0 Å². The predicted octanol–water partition coefficient (Wildman–Crippen LogP) is 4.57. The van der Waals surface area contributed by atoms with Crippen LogP contribution in [-0.2, 0) is 4.43 Å². The highest BCUT2D eigenvalue weighted by Crippen LogP contribution is 2.26. The maximum Gasteiger partial charge on any atom is 0.193 e. The molecule has 3 heteroatoms. The van der Waals surface area contributed by atoms with Crippen LogP contribution in [0.15, 0.2) is 0 Å². The highest BCUT2D eigenvalue weighted by atomic mass is 127. The molecule has 0 fully saturated rings. The monoisotopic (exact) mass is 314 g/mol. The fourth-order valence-corrected chi connectivity index (χ4v) is 6.46. The Kier molecular flexibility index (Phi) is 7.74. The quantitative estimate of drug-likeness (QED) is 0.380. The van der Waals surface area contributed by atoms with Gasteiger partial charge in [-0.05, 0) is 24.6 Å². The summed E-state index contributed by atoms with van der Waals surface area (Å²) in [6.45, 7) is 9.08. The Labute approximate surface area is 97.9 Å². The van der Waals surface area contributed by atoms with Gasteiger partial charge in [-0.25, -0.2) is 0 Å². The molecule has 0 amide bonds. The van der Waals surface area contributed by atoms with Crippen LogP contribution in [0.4, 0.5) is 0 Å². The molecule has 0 aromatic rings. The number of hydrogen-bond donors (Lipinski definition) is 0. The molecular formula is C10H23IOSi. The van der Waals surface area contributed by atoms with Crippen LogP contribution >= 0.6 is 22.6 Å². The molecule has 0 aliphatic carbocycles. The standard InChI is InChI=1S/C10H23IOSi/c1-5-9-10(11)12-13(6-2,7-3)8-4/h10H,5-9H2,1-4H3/t10-/m1/s1. The van der Waals surface area contributed by atoms with Crippen LogP contribution in [0.3, 0.4) is 0 Å². The van der Waals surface area contributed by atoms with Gasteiger partial charge < -0.3 is 4.43 Å². The van der Waals surface area contributed by atoms with Gasteiger partial charge in [-0.1, -0.05) is 56.7 Å². The third-order valence-electron chi connectivity index (χ3n) is 2.83. The molecule has 0 aromatic heterocycles. The van der Waals surface area contributed by atoms with E-state index in [0.717, 1.165) is 0 Å². The number of halogens is 1. The van der Waals surface area contributed by atoms with Crippen LogP contribution in [0.25, 0.3) is 0 Å². The van der Waals surface area contributed by atoms with Crippen LogP contribution in [0.2, 0.25) is 18.1 Å². The summed E-state index contributed by atoms with van der Waals surface area (Å²) < 4.78 is 6.70. The highest BCUT2D eigenvalue weighted by Gasteiger charge is 2.30. The molecule has 0 spiro atoms. The molecule has 0 radical (unpaired) electrons. The van der Waals surface area contributed by atoms with Crippen LogP contribution in [0, 0.1) is 0 Å². The first-order valence-corrected chi connectivity index (χ1v) is 9.23. The second-order valence-electron chi connectivity index (χ2n) is 3.56. The van der Waals surface area contributed by atoms with E-state index in [2.05, 4.69) is 50.3 Å². The van der Waals surface area contributed by atoms with Gasteiger partial charge in [0.2, 0.25) is 0 Å². The lowest BCUT2D eigenvalue weighted by molar-refractivity contribution is 0.274. The number of hydrogen-bond acceptors (Lipinski definition) is 1. The van der Waals surface area contributed by atoms with Gasteiger partial charge in [-0.15, -0.1) is 0 Å². The lowest BCUT2D eigenvalue weighted by Gasteiger charge is -2.30. The van der Waals surface area contributed by atoms with E-state index in [-0.39, 0.29) is 0 Å². The Morgan fingerprint density at radius 1 is 1.08 bits per heavy atom. The van der Waals surface area contributed by atoms with E-state index in [9.17, 15) is 0 Å². The topological polar surface area (TPSA) is 9.23 Å². The first-order chi connectivity index (χ1) is 6.14. The largest absolute Gasteiger partial charge is 0.405 e. The van der Waals surface area contributed by atoms with Crippen molar-refractivity contribution >= 4 is 30.9 Å². The molecule has 0 aliphatic heterocycles. The molecule has 0 rings (SSSR count). The van der Waals surface area contributed by atoms with E-state index in [4.69, 9.17) is 4.43 Å². The average Bonchev–Trinajstić information content (AvgIpc) is 2.15. The Hall–Kier alpha value is 0.907. The minimum atomic E-state index is -1.33. The van der Waals surface area contributed by atoms with Gasteiger partial charge in [0.15, 0.2) is 8.32 Å². The summed E-state index contributed by atoms with van der Waals surface area (Å²) in [5.41, 5.74) is 0. The Morgan fingerprint density at radius 2 is 1.54 bits per heavy atom. The van der Waals surface area contributed by atoms with Gasteiger partial charge in [0, 0.05) is 0 Å². The summed E-state index contributed by atoms with van der Waals surface area (Å²) in [6, 6.07) is 3.80. The predicted molar refractivity (Wildman–Crippen MR) is 71.0 cm³/mol. The zero-order valence-corrected chi connectivity index (χ0v) is 12.6. The molecule has 0 bridgehead atoms. The summed E-state index contributed by atoms with van der Waals surface area (Å²) >= 11 is 2.45. The Morgan fingerprint density at radius 3 is 1.85 bits per heavy atom. The molecule has 0 aromatic carbocycles. The first kappa shape index (κ1) is 13.9. The van der Waals surface area contributed by atoms with E-state index in [1.165, 1.54) is 31.0 Å². The van der Waals surface area contributed by atoms with Crippen LogP contribution in [-0.4, -0.2) is 12.4 Å². The van der Waals surface area contributed by atoms with E-state index in [1.807, 2.05) is 0 Å². The fraction of sp³-hybridized carbons (Fsp3) is 1.00. The van der Waals surface area contributed by atoms with Gasteiger partial charge in [0.25, 0.3) is 0 Å². The molecule has 1 nitrogen and oxygen atoms in total. The molecule has 0 unspecified atom stereocenters. The van der Waals surface area contributed by atoms with Crippen molar-refractivity contribution in [1.29, 1.82) is 0 Å². The van der Waals surface area contributed by atoms with Gasteiger partial charge in [-0.2, -0.15) is 0 Å². The van der Waals surface area contributed by atoms with Crippen molar-refractivity contribution in [3.05, 3.63) is 0 Å². The summed E-state index contributed by atoms with van der Waals surface area (Å²) in [5.74, 6) is 0. The zero-order valence-electron chi connectivity index (χ0n) is 9.40. The zero-order chi connectivity index (χ0) is 10.3. The molecule has 0 aliphatic rings. The first-order valence-electron chi connectivity index (χ1n) is 5.46. The minimum Gasteiger partial charge on any atom is -0.405 e. The van der Waals surface area contributed by atoms with Crippen molar-refractivity contribution in [3.8, 4) is 0 Å². The second-order valence-corrected chi connectivity index (χ2v) is 9.67. The number of alkyl halides is 1. The van der Waals surface area contributed by atoms with Crippen molar-refractivity contribution < 1.29 is 4.43 Å². The molecule has 80 valence electrons. The van der Waals surface area contributed by atoms with E-state index < -0.39 is 8.32 Å². The molecule has 1 atom stereocenters. The molecule has 0 heterocycles. The third kappa shape index (κ3) is 4.79. The fourth-order valence-electron chi connectivity index (χ4n) is 1.56. The van der Waals surface area contributed by atoms with Gasteiger partial charge in [0.05, 0.1) is 4.11 Å². The second kappa shape index (κ2) is 7.23. The van der Waals surface area contributed by atoms with Crippen LogP contribution < -0.4 is 0 Å². The molecule has 0 saturated carbocycles. The molecule has 13 heavy (non-hydrogen) atoms. The number of rotatable bonds is 7. The van der Waals surface area contributed by atoms with Crippen LogP contribution in [0.1, 0.15) is 40.5 Å². The smallest absolute Gasteiger partial charge is 0.193 e. The summed E-state index contributed by atoms with van der Waals surface area (Å²) in [5, 5.41) is 0. The summed E-state index contributed by atoms with van der Waals surface area (Å²) in [7, 11) is -1.33. The maximum absolute atomic E-state index is 6.25. The van der Waals surface area contributed by atoms with Crippen molar-refractivity contribution in [1.82, 2.24) is 0 Å². The summed E-state index contributed by atoms with van der Waals surface area (Å²) in [4.78, 5) is 0. The lowest BCUT2D eigenvalue weighted by Crippen LogP contribution is -2.38. The SMILES string of the molecule is CCC[C@H](I)O[Si](CC)(CC)CC. The van der Waals surface area contributed by atoms with Gasteiger partial charge >= 0.3 is 0 Å². The minimum absolute atomic E-state index is 0.453. The van der Waals surface area contributed by atoms with E-state index >= 15 is 0 Å². The Balaban J connectivity index is 4.07. The third-order valence-corrected chi connectivity index (χ3v) is 8.83. The Bertz CT molecular complexity index is 118. The maximum atomic E-state index is 6.25. The summed E-state index contributed by atoms with van der Waals surface area (Å²) in [6.07, 6.45) is 2.44.